The number of amides is 1. The van der Waals surface area contributed by atoms with Gasteiger partial charge in [-0.1, -0.05) is 35.9 Å². The molecule has 0 heterocycles. The quantitative estimate of drug-likeness (QED) is 0.568. The first kappa shape index (κ1) is 15.6. The van der Waals surface area contributed by atoms with Gasteiger partial charge in [-0.15, -0.1) is 11.6 Å². The average Bonchev–Trinajstić information content (AvgIpc) is 2.47. The van der Waals surface area contributed by atoms with E-state index < -0.39 is 0 Å². The molecule has 0 aliphatic carbocycles. The van der Waals surface area contributed by atoms with E-state index in [-0.39, 0.29) is 5.91 Å². The van der Waals surface area contributed by atoms with Crippen LogP contribution in [-0.4, -0.2) is 5.91 Å². The average molecular weight is 420 g/mol. The topological polar surface area (TPSA) is 29.1 Å². The molecule has 20 heavy (non-hydrogen) atoms. The lowest BCUT2D eigenvalue weighted by atomic mass is 10.1. The van der Waals surface area contributed by atoms with Crippen molar-refractivity contribution in [2.45, 2.75) is 12.4 Å². The highest BCUT2D eigenvalue weighted by molar-refractivity contribution is 14.1. The van der Waals surface area contributed by atoms with Crippen LogP contribution in [0.4, 0.5) is 0 Å². The summed E-state index contributed by atoms with van der Waals surface area (Å²) < 4.78 is 0.927. The standard InChI is InChI=1S/C15H12Cl2INO/c16-8-10-2-1-3-11(6-10)9-19-15(20)12-4-5-14(18)13(17)7-12/h1-7H,8-9H2,(H,19,20). The van der Waals surface area contributed by atoms with Gasteiger partial charge in [-0.3, -0.25) is 4.79 Å². The first-order chi connectivity index (χ1) is 9.60. The Morgan fingerprint density at radius 3 is 2.60 bits per heavy atom. The van der Waals surface area contributed by atoms with Crippen LogP contribution < -0.4 is 5.32 Å². The lowest BCUT2D eigenvalue weighted by Crippen LogP contribution is -2.22. The van der Waals surface area contributed by atoms with Gasteiger partial charge in [-0.25, -0.2) is 0 Å². The van der Waals surface area contributed by atoms with E-state index in [1.807, 2.05) is 30.3 Å². The highest BCUT2D eigenvalue weighted by Crippen LogP contribution is 2.19. The van der Waals surface area contributed by atoms with E-state index in [1.165, 1.54) is 0 Å². The highest BCUT2D eigenvalue weighted by Gasteiger charge is 2.07. The van der Waals surface area contributed by atoms with Gasteiger partial charge in [0, 0.05) is 21.6 Å². The summed E-state index contributed by atoms with van der Waals surface area (Å²) in [4.78, 5) is 12.0. The fraction of sp³-hybridized carbons (Fsp3) is 0.133. The molecule has 2 aromatic carbocycles. The van der Waals surface area contributed by atoms with E-state index in [4.69, 9.17) is 23.2 Å². The minimum atomic E-state index is -0.139. The van der Waals surface area contributed by atoms with Gasteiger partial charge in [-0.2, -0.15) is 0 Å². The molecule has 0 atom stereocenters. The molecule has 0 aliphatic heterocycles. The molecule has 0 radical (unpaired) electrons. The molecule has 0 fully saturated rings. The van der Waals surface area contributed by atoms with Gasteiger partial charge < -0.3 is 5.32 Å². The van der Waals surface area contributed by atoms with Gasteiger partial charge >= 0.3 is 0 Å². The molecule has 104 valence electrons. The highest BCUT2D eigenvalue weighted by atomic mass is 127. The number of hydrogen-bond donors (Lipinski definition) is 1. The van der Waals surface area contributed by atoms with E-state index >= 15 is 0 Å². The monoisotopic (exact) mass is 419 g/mol. The molecule has 2 aromatic rings. The minimum absolute atomic E-state index is 0.139. The number of rotatable bonds is 4. The molecular formula is C15H12Cl2INO. The van der Waals surface area contributed by atoms with Gasteiger partial charge in [0.1, 0.15) is 0 Å². The van der Waals surface area contributed by atoms with Crippen LogP contribution in [0.3, 0.4) is 0 Å². The Morgan fingerprint density at radius 2 is 1.90 bits per heavy atom. The van der Waals surface area contributed by atoms with Crippen LogP contribution >= 0.6 is 45.8 Å². The second-order valence-electron chi connectivity index (χ2n) is 4.27. The van der Waals surface area contributed by atoms with E-state index in [9.17, 15) is 4.79 Å². The molecular weight excluding hydrogens is 408 g/mol. The zero-order valence-electron chi connectivity index (χ0n) is 10.5. The van der Waals surface area contributed by atoms with Crippen LogP contribution in [0.1, 0.15) is 21.5 Å². The molecule has 1 N–H and O–H groups in total. The second kappa shape index (κ2) is 7.29. The summed E-state index contributed by atoms with van der Waals surface area (Å²) >= 11 is 13.9. The molecule has 2 nitrogen and oxygen atoms in total. The Balaban J connectivity index is 2.02. The second-order valence-corrected chi connectivity index (χ2v) is 6.10. The van der Waals surface area contributed by atoms with Gasteiger partial charge in [0.25, 0.3) is 5.91 Å². The molecule has 0 saturated carbocycles. The zero-order valence-corrected chi connectivity index (χ0v) is 14.2. The van der Waals surface area contributed by atoms with Crippen LogP contribution in [0.5, 0.6) is 0 Å². The molecule has 0 aromatic heterocycles. The molecule has 0 saturated heterocycles. The van der Waals surface area contributed by atoms with Crippen molar-refractivity contribution in [1.82, 2.24) is 5.32 Å². The van der Waals surface area contributed by atoms with Crippen LogP contribution in [0.25, 0.3) is 0 Å². The fourth-order valence-corrected chi connectivity index (χ4v) is 2.43. The molecule has 0 bridgehead atoms. The number of benzene rings is 2. The van der Waals surface area contributed by atoms with Crippen LogP contribution in [-0.2, 0) is 12.4 Å². The number of nitrogens with one attached hydrogen (secondary N) is 1. The Hall–Kier alpha value is -0.780. The van der Waals surface area contributed by atoms with Crippen molar-refractivity contribution in [3.05, 3.63) is 67.7 Å². The Labute approximate surface area is 141 Å². The van der Waals surface area contributed by atoms with E-state index in [1.54, 1.807) is 12.1 Å². The third kappa shape index (κ3) is 4.11. The fourth-order valence-electron chi connectivity index (χ4n) is 1.74. The summed E-state index contributed by atoms with van der Waals surface area (Å²) in [6.07, 6.45) is 0. The first-order valence-corrected chi connectivity index (χ1v) is 7.96. The number of halogens is 3. The molecule has 0 unspecified atom stereocenters. The van der Waals surface area contributed by atoms with Gasteiger partial charge in [0.2, 0.25) is 0 Å². The predicted molar refractivity (Wildman–Crippen MR) is 91.3 cm³/mol. The van der Waals surface area contributed by atoms with Crippen molar-refractivity contribution in [2.24, 2.45) is 0 Å². The largest absolute Gasteiger partial charge is 0.348 e. The summed E-state index contributed by atoms with van der Waals surface area (Å²) in [5, 5.41) is 3.46. The van der Waals surface area contributed by atoms with Gasteiger partial charge in [0.05, 0.1) is 5.02 Å². The smallest absolute Gasteiger partial charge is 0.251 e. The maximum absolute atomic E-state index is 12.0. The van der Waals surface area contributed by atoms with Crippen molar-refractivity contribution < 1.29 is 4.79 Å². The minimum Gasteiger partial charge on any atom is -0.348 e. The van der Waals surface area contributed by atoms with Crippen molar-refractivity contribution in [3.8, 4) is 0 Å². The summed E-state index contributed by atoms with van der Waals surface area (Å²) in [6, 6.07) is 13.1. The Kier molecular flexibility index (Phi) is 5.69. The van der Waals surface area contributed by atoms with Crippen LogP contribution in [0, 0.1) is 3.57 Å². The Morgan fingerprint density at radius 1 is 1.15 bits per heavy atom. The first-order valence-electron chi connectivity index (χ1n) is 5.97. The molecule has 5 heteroatoms. The number of alkyl halides is 1. The van der Waals surface area contributed by atoms with E-state index in [2.05, 4.69) is 27.9 Å². The maximum atomic E-state index is 12.0. The van der Waals surface area contributed by atoms with Gasteiger partial charge in [-0.05, 0) is 51.9 Å². The summed E-state index contributed by atoms with van der Waals surface area (Å²) in [7, 11) is 0. The van der Waals surface area contributed by atoms with Crippen molar-refractivity contribution in [2.75, 3.05) is 0 Å². The number of hydrogen-bond acceptors (Lipinski definition) is 1. The lowest BCUT2D eigenvalue weighted by molar-refractivity contribution is 0.0951. The third-order valence-electron chi connectivity index (χ3n) is 2.78. The van der Waals surface area contributed by atoms with E-state index in [0.29, 0.717) is 23.0 Å². The molecule has 1 amide bonds. The lowest BCUT2D eigenvalue weighted by Gasteiger charge is -2.07. The van der Waals surface area contributed by atoms with E-state index in [0.717, 1.165) is 14.7 Å². The van der Waals surface area contributed by atoms with Crippen molar-refractivity contribution >= 4 is 51.7 Å². The third-order valence-corrected chi connectivity index (χ3v) is 4.66. The van der Waals surface area contributed by atoms with Crippen LogP contribution in [0.15, 0.2) is 42.5 Å². The molecule has 0 spiro atoms. The zero-order chi connectivity index (χ0) is 14.5. The van der Waals surface area contributed by atoms with Crippen LogP contribution in [0.2, 0.25) is 5.02 Å². The number of carbonyl (C=O) groups is 1. The normalized spacial score (nSPS) is 10.3. The Bertz CT molecular complexity index is 631. The number of carbonyl (C=O) groups excluding carboxylic acids is 1. The van der Waals surface area contributed by atoms with Crippen molar-refractivity contribution in [3.63, 3.8) is 0 Å². The summed E-state index contributed by atoms with van der Waals surface area (Å²) in [6.45, 7) is 0.465. The SMILES string of the molecule is O=C(NCc1cccc(CCl)c1)c1ccc(I)c(Cl)c1. The molecule has 0 aliphatic rings. The predicted octanol–water partition coefficient (Wildman–Crippen LogP) is 4.61. The van der Waals surface area contributed by atoms with Crippen molar-refractivity contribution in [1.29, 1.82) is 0 Å². The summed E-state index contributed by atoms with van der Waals surface area (Å²) in [5.74, 6) is 0.328. The molecule has 2 rings (SSSR count). The van der Waals surface area contributed by atoms with Gasteiger partial charge in [0.15, 0.2) is 0 Å². The summed E-state index contributed by atoms with van der Waals surface area (Å²) in [5.41, 5.74) is 2.62. The maximum Gasteiger partial charge on any atom is 0.251 e.